The monoisotopic (exact) mass is 142 g/mol. The zero-order valence-electron chi connectivity index (χ0n) is 7.48. The van der Waals surface area contributed by atoms with Gasteiger partial charge in [-0.2, -0.15) is 0 Å². The molecule has 0 unspecified atom stereocenters. The first-order valence-corrected chi connectivity index (χ1v) is 4.12. The summed E-state index contributed by atoms with van der Waals surface area (Å²) in [5.74, 6) is 0.766. The van der Waals surface area contributed by atoms with Gasteiger partial charge in [-0.3, -0.25) is 0 Å². The van der Waals surface area contributed by atoms with E-state index in [1.54, 1.807) is 0 Å². The topological polar surface area (TPSA) is 9.23 Å². The van der Waals surface area contributed by atoms with Crippen LogP contribution in [0, 0.1) is 11.3 Å². The van der Waals surface area contributed by atoms with E-state index < -0.39 is 0 Å². The van der Waals surface area contributed by atoms with Gasteiger partial charge in [0.2, 0.25) is 0 Å². The predicted octanol–water partition coefficient (Wildman–Crippen LogP) is 2.46. The molecule has 10 heavy (non-hydrogen) atoms. The first-order chi connectivity index (χ1) is 4.50. The van der Waals surface area contributed by atoms with Crippen LogP contribution in [-0.2, 0) is 4.74 Å². The van der Waals surface area contributed by atoms with Gasteiger partial charge in [-0.15, -0.1) is 0 Å². The van der Waals surface area contributed by atoms with E-state index in [-0.39, 0.29) is 0 Å². The molecule has 0 aromatic heterocycles. The molecule has 0 N–H and O–H groups in total. The molecule has 1 rings (SSSR count). The Labute approximate surface area is 63.8 Å². The van der Waals surface area contributed by atoms with Crippen molar-refractivity contribution in [3.05, 3.63) is 0 Å². The van der Waals surface area contributed by atoms with Crippen LogP contribution in [0.2, 0.25) is 0 Å². The van der Waals surface area contributed by atoms with E-state index in [1.807, 2.05) is 0 Å². The highest BCUT2D eigenvalue weighted by Gasteiger charge is 2.31. The van der Waals surface area contributed by atoms with Gasteiger partial charge in [0.1, 0.15) is 0 Å². The fraction of sp³-hybridized carbons (Fsp3) is 1.00. The molecule has 1 aliphatic rings. The summed E-state index contributed by atoms with van der Waals surface area (Å²) in [6, 6.07) is 0. The van der Waals surface area contributed by atoms with Crippen molar-refractivity contribution in [3.63, 3.8) is 0 Å². The summed E-state index contributed by atoms with van der Waals surface area (Å²) in [6.07, 6.45) is 1.73. The molecule has 1 heterocycles. The van der Waals surface area contributed by atoms with Crippen molar-refractivity contribution in [3.8, 4) is 0 Å². The molecule has 2 atom stereocenters. The Hall–Kier alpha value is -0.0400. The van der Waals surface area contributed by atoms with Crippen LogP contribution in [-0.4, -0.2) is 12.7 Å². The minimum atomic E-state index is 0.435. The molecular weight excluding hydrogens is 124 g/mol. The fourth-order valence-electron chi connectivity index (χ4n) is 1.42. The molecule has 0 radical (unpaired) electrons. The molecule has 1 aliphatic heterocycles. The Morgan fingerprint density at radius 1 is 1.30 bits per heavy atom. The average molecular weight is 142 g/mol. The maximum Gasteiger partial charge on any atom is 0.0550 e. The van der Waals surface area contributed by atoms with Gasteiger partial charge >= 0.3 is 0 Å². The minimum absolute atomic E-state index is 0.435. The maximum absolute atomic E-state index is 5.49. The van der Waals surface area contributed by atoms with Gasteiger partial charge < -0.3 is 4.74 Å². The number of hydrogen-bond donors (Lipinski definition) is 0. The number of hydrogen-bond acceptors (Lipinski definition) is 1. The summed E-state index contributed by atoms with van der Waals surface area (Å²) >= 11 is 0. The molecule has 1 fully saturated rings. The third-order valence-corrected chi connectivity index (χ3v) is 2.42. The number of ether oxygens (including phenoxy) is 1. The molecule has 1 saturated heterocycles. The largest absolute Gasteiger partial charge is 0.378 e. The summed E-state index contributed by atoms with van der Waals surface area (Å²) in [6.45, 7) is 9.99. The molecule has 0 saturated carbocycles. The van der Waals surface area contributed by atoms with Gasteiger partial charge in [0.25, 0.3) is 0 Å². The first-order valence-electron chi connectivity index (χ1n) is 4.12. The van der Waals surface area contributed by atoms with Crippen LogP contribution < -0.4 is 0 Å². The molecule has 0 spiro atoms. The maximum atomic E-state index is 5.49. The second-order valence-corrected chi connectivity index (χ2v) is 4.44. The lowest BCUT2D eigenvalue weighted by atomic mass is 9.80. The Kier molecular flexibility index (Phi) is 2.04. The third kappa shape index (κ3) is 1.72. The van der Waals surface area contributed by atoms with E-state index in [0.29, 0.717) is 11.5 Å². The Bertz CT molecular complexity index is 112. The zero-order chi connectivity index (χ0) is 7.78. The Balaban J connectivity index is 2.45. The van der Waals surface area contributed by atoms with Crippen molar-refractivity contribution in [1.29, 1.82) is 0 Å². The van der Waals surface area contributed by atoms with Crippen LogP contribution in [0.5, 0.6) is 0 Å². The van der Waals surface area contributed by atoms with Crippen molar-refractivity contribution in [2.75, 3.05) is 6.61 Å². The molecule has 1 nitrogen and oxygen atoms in total. The highest BCUT2D eigenvalue weighted by Crippen LogP contribution is 2.34. The van der Waals surface area contributed by atoms with E-state index in [2.05, 4.69) is 27.7 Å². The lowest BCUT2D eigenvalue weighted by Crippen LogP contribution is -2.20. The van der Waals surface area contributed by atoms with Crippen molar-refractivity contribution >= 4 is 0 Å². The summed E-state index contributed by atoms with van der Waals surface area (Å²) < 4.78 is 5.49. The zero-order valence-corrected chi connectivity index (χ0v) is 7.48. The van der Waals surface area contributed by atoms with E-state index in [1.165, 1.54) is 6.42 Å². The van der Waals surface area contributed by atoms with E-state index in [0.717, 1.165) is 12.5 Å². The standard InChI is InChI=1S/C9H18O/c1-7-5-8(6-10-7)9(2,3)4/h7-8H,5-6H2,1-4H3/t7-,8-/m1/s1. The minimum Gasteiger partial charge on any atom is -0.378 e. The SMILES string of the molecule is C[C@@H]1C[C@@H](C(C)(C)C)CO1. The van der Waals surface area contributed by atoms with Gasteiger partial charge in [0.05, 0.1) is 12.7 Å². The van der Waals surface area contributed by atoms with Crippen molar-refractivity contribution < 1.29 is 4.74 Å². The normalized spacial score (nSPS) is 34.8. The van der Waals surface area contributed by atoms with Crippen LogP contribution in [0.25, 0.3) is 0 Å². The molecular formula is C9H18O. The van der Waals surface area contributed by atoms with Crippen molar-refractivity contribution in [2.24, 2.45) is 11.3 Å². The van der Waals surface area contributed by atoms with Crippen LogP contribution in [0.15, 0.2) is 0 Å². The summed E-state index contributed by atoms with van der Waals surface area (Å²) in [5, 5.41) is 0. The van der Waals surface area contributed by atoms with Gasteiger partial charge in [-0.25, -0.2) is 0 Å². The summed E-state index contributed by atoms with van der Waals surface area (Å²) in [5.41, 5.74) is 0.435. The van der Waals surface area contributed by atoms with Crippen LogP contribution >= 0.6 is 0 Å². The molecule has 1 heteroatoms. The highest BCUT2D eigenvalue weighted by molar-refractivity contribution is 4.80. The van der Waals surface area contributed by atoms with Crippen LogP contribution in [0.1, 0.15) is 34.1 Å². The van der Waals surface area contributed by atoms with E-state index >= 15 is 0 Å². The predicted molar refractivity (Wildman–Crippen MR) is 43.0 cm³/mol. The van der Waals surface area contributed by atoms with Gasteiger partial charge in [0.15, 0.2) is 0 Å². The highest BCUT2D eigenvalue weighted by atomic mass is 16.5. The van der Waals surface area contributed by atoms with Gasteiger partial charge in [-0.05, 0) is 24.7 Å². The average Bonchev–Trinajstić information content (AvgIpc) is 2.11. The second kappa shape index (κ2) is 2.54. The molecule has 0 bridgehead atoms. The van der Waals surface area contributed by atoms with Crippen molar-refractivity contribution in [1.82, 2.24) is 0 Å². The second-order valence-electron chi connectivity index (χ2n) is 4.44. The lowest BCUT2D eigenvalue weighted by molar-refractivity contribution is 0.108. The molecule has 0 aromatic carbocycles. The summed E-state index contributed by atoms with van der Waals surface area (Å²) in [7, 11) is 0. The van der Waals surface area contributed by atoms with Crippen LogP contribution in [0.3, 0.4) is 0 Å². The quantitative estimate of drug-likeness (QED) is 0.505. The number of rotatable bonds is 0. The smallest absolute Gasteiger partial charge is 0.0550 e. The molecule has 60 valence electrons. The van der Waals surface area contributed by atoms with E-state index in [9.17, 15) is 0 Å². The molecule has 0 amide bonds. The van der Waals surface area contributed by atoms with Crippen LogP contribution in [0.4, 0.5) is 0 Å². The summed E-state index contributed by atoms with van der Waals surface area (Å²) in [4.78, 5) is 0. The Morgan fingerprint density at radius 3 is 2.10 bits per heavy atom. The Morgan fingerprint density at radius 2 is 1.90 bits per heavy atom. The van der Waals surface area contributed by atoms with E-state index in [4.69, 9.17) is 4.74 Å². The third-order valence-electron chi connectivity index (χ3n) is 2.42. The molecule has 0 aromatic rings. The fourth-order valence-corrected chi connectivity index (χ4v) is 1.42. The van der Waals surface area contributed by atoms with Gasteiger partial charge in [-0.1, -0.05) is 20.8 Å². The molecule has 0 aliphatic carbocycles. The first kappa shape index (κ1) is 8.06. The lowest BCUT2D eigenvalue weighted by Gasteiger charge is -2.25. The van der Waals surface area contributed by atoms with Gasteiger partial charge in [0, 0.05) is 0 Å². The van der Waals surface area contributed by atoms with Crippen molar-refractivity contribution in [2.45, 2.75) is 40.2 Å².